The summed E-state index contributed by atoms with van der Waals surface area (Å²) in [6.45, 7) is 4.46. The molecule has 10 heteroatoms. The van der Waals surface area contributed by atoms with E-state index in [9.17, 15) is 9.18 Å². The summed E-state index contributed by atoms with van der Waals surface area (Å²) in [7, 11) is 4.73. The van der Waals surface area contributed by atoms with Crippen LogP contribution in [0, 0.1) is 11.9 Å². The SMILES string of the molecule is CON(C)C(=O)CCCN1CC[C@H]2[C@@H](C1)c1cccc3c1N2CCCS3.COc1[c-]cc(F)cc1.[Br-].[Mg+2]. The number of hydroxylamine groups is 2. The molecule has 0 aliphatic carbocycles. The Bertz CT molecular complexity index is 1000. The van der Waals surface area contributed by atoms with E-state index in [1.165, 1.54) is 73.2 Å². The van der Waals surface area contributed by atoms with E-state index in [0.29, 0.717) is 24.1 Å². The van der Waals surface area contributed by atoms with Crippen LogP contribution in [0.15, 0.2) is 41.3 Å². The minimum atomic E-state index is -0.296. The molecule has 0 aromatic heterocycles. The van der Waals surface area contributed by atoms with Gasteiger partial charge in [0.15, 0.2) is 0 Å². The number of carbonyl (C=O) groups excluding carboxylic acids is 1. The van der Waals surface area contributed by atoms with Crippen molar-refractivity contribution in [2.24, 2.45) is 0 Å². The van der Waals surface area contributed by atoms with Crippen LogP contribution in [0.3, 0.4) is 0 Å². The topological polar surface area (TPSA) is 45.2 Å². The van der Waals surface area contributed by atoms with E-state index in [2.05, 4.69) is 34.1 Å². The molecule has 6 nitrogen and oxygen atoms in total. The van der Waals surface area contributed by atoms with Gasteiger partial charge in [-0.05, 0) is 43.2 Å². The first kappa shape index (κ1) is 32.2. The first-order valence-corrected chi connectivity index (χ1v) is 13.3. The van der Waals surface area contributed by atoms with Crippen molar-refractivity contribution in [1.82, 2.24) is 9.96 Å². The summed E-state index contributed by atoms with van der Waals surface area (Å²) in [4.78, 5) is 23.6. The first-order chi connectivity index (χ1) is 17.0. The third kappa shape index (κ3) is 7.98. The quantitative estimate of drug-likeness (QED) is 0.281. The number of benzene rings is 2. The molecular formula is C27H35BrFMgN3O3S. The molecule has 0 saturated carbocycles. The predicted octanol–water partition coefficient (Wildman–Crippen LogP) is 1.22. The Balaban J connectivity index is 0.000000375. The molecule has 37 heavy (non-hydrogen) atoms. The molecule has 0 unspecified atom stereocenters. The van der Waals surface area contributed by atoms with Crippen LogP contribution in [-0.2, 0) is 9.63 Å². The van der Waals surface area contributed by atoms with Crippen molar-refractivity contribution in [1.29, 1.82) is 0 Å². The molecule has 3 aliphatic heterocycles. The van der Waals surface area contributed by atoms with Gasteiger partial charge in [-0.3, -0.25) is 14.0 Å². The number of hydrogen-bond donors (Lipinski definition) is 0. The fourth-order valence-corrected chi connectivity index (χ4v) is 6.28. The summed E-state index contributed by atoms with van der Waals surface area (Å²) in [6, 6.07) is 14.2. The van der Waals surface area contributed by atoms with Crippen LogP contribution in [0.1, 0.15) is 37.2 Å². The Morgan fingerprint density at radius 1 is 1.24 bits per heavy atom. The minimum absolute atomic E-state index is 0. The molecule has 2 aromatic carbocycles. The van der Waals surface area contributed by atoms with E-state index in [4.69, 9.17) is 9.57 Å². The molecule has 5 rings (SSSR count). The third-order valence-corrected chi connectivity index (χ3v) is 8.17. The number of ether oxygens (including phenoxy) is 1. The average molecular weight is 605 g/mol. The summed E-state index contributed by atoms with van der Waals surface area (Å²) in [5.74, 6) is 2.17. The number of rotatable bonds is 6. The van der Waals surface area contributed by atoms with E-state index in [1.807, 2.05) is 11.8 Å². The second-order valence-corrected chi connectivity index (χ2v) is 10.2. The summed E-state index contributed by atoms with van der Waals surface area (Å²) in [5.41, 5.74) is 3.09. The monoisotopic (exact) mass is 603 g/mol. The standard InChI is InChI=1S/C20H29N3O2S.C7H6FO.BrH.Mg/c1-21(25-2)19(24)8-4-10-22-12-9-17-16(14-22)15-6-3-7-18-20(15)23(17)11-5-13-26-18;1-9-7-4-2-6(8)3-5-7;;/h3,6-7,16-17H,4-5,8-14H2,1-2H3;2-4H,1H3;1H;/q;-1;;+2/p-1/t16-,17-;;;/m0.../s1. The van der Waals surface area contributed by atoms with E-state index < -0.39 is 0 Å². The second kappa shape index (κ2) is 15.5. The van der Waals surface area contributed by atoms with Gasteiger partial charge in [-0.25, -0.2) is 5.06 Å². The van der Waals surface area contributed by atoms with Crippen LogP contribution in [-0.4, -0.2) is 98.2 Å². The Hall–Kier alpha value is -1.04. The maximum absolute atomic E-state index is 12.1. The van der Waals surface area contributed by atoms with Gasteiger partial charge in [-0.2, -0.15) is 0 Å². The normalized spacial score (nSPS) is 19.6. The molecule has 3 heterocycles. The maximum Gasteiger partial charge on any atom is 2.00 e. The van der Waals surface area contributed by atoms with Crippen molar-refractivity contribution in [3.63, 3.8) is 0 Å². The van der Waals surface area contributed by atoms with Crippen LogP contribution in [0.25, 0.3) is 0 Å². The van der Waals surface area contributed by atoms with E-state index in [1.54, 1.807) is 12.6 Å². The number of fused-ring (bicyclic) bond motifs is 3. The van der Waals surface area contributed by atoms with Crippen LogP contribution in [0.4, 0.5) is 10.1 Å². The molecule has 198 valence electrons. The molecule has 3 aliphatic rings. The number of nitrogens with zero attached hydrogens (tertiary/aromatic N) is 3. The summed E-state index contributed by atoms with van der Waals surface area (Å²) in [5, 5.41) is 1.33. The van der Waals surface area contributed by atoms with Crippen molar-refractivity contribution in [2.75, 3.05) is 58.1 Å². The molecule has 0 radical (unpaired) electrons. The second-order valence-electron chi connectivity index (χ2n) is 9.11. The average Bonchev–Trinajstić information content (AvgIpc) is 3.04. The summed E-state index contributed by atoms with van der Waals surface area (Å²) < 4.78 is 16.9. The number of thioether (sulfide) groups is 1. The molecule has 0 N–H and O–H groups in total. The Morgan fingerprint density at radius 2 is 2.05 bits per heavy atom. The molecule has 0 bridgehead atoms. The molecule has 2 atom stereocenters. The fraction of sp³-hybridized carbons (Fsp3) is 0.519. The van der Waals surface area contributed by atoms with Crippen LogP contribution in [0.2, 0.25) is 0 Å². The Morgan fingerprint density at radius 3 is 2.76 bits per heavy atom. The van der Waals surface area contributed by atoms with Gasteiger partial charge in [0.05, 0.1) is 19.9 Å². The first-order valence-electron chi connectivity index (χ1n) is 12.3. The third-order valence-electron chi connectivity index (χ3n) is 7.03. The number of amides is 1. The van der Waals surface area contributed by atoms with Crippen molar-refractivity contribution in [3.8, 4) is 5.75 Å². The van der Waals surface area contributed by atoms with E-state index >= 15 is 0 Å². The van der Waals surface area contributed by atoms with Gasteiger partial charge in [0.1, 0.15) is 0 Å². The van der Waals surface area contributed by atoms with Gasteiger partial charge in [-0.1, -0.05) is 12.1 Å². The Labute approximate surface area is 251 Å². The van der Waals surface area contributed by atoms with Crippen molar-refractivity contribution in [3.05, 3.63) is 53.8 Å². The molecular weight excluding hydrogens is 570 g/mol. The number of hydrogen-bond acceptors (Lipinski definition) is 6. The van der Waals surface area contributed by atoms with Gasteiger partial charge >= 0.3 is 23.1 Å². The van der Waals surface area contributed by atoms with Gasteiger partial charge < -0.3 is 31.5 Å². The van der Waals surface area contributed by atoms with Crippen molar-refractivity contribution >= 4 is 46.4 Å². The number of para-hydroxylation sites is 1. The minimum Gasteiger partial charge on any atom is -1.00 e. The zero-order valence-corrected chi connectivity index (χ0v) is 25.7. The van der Waals surface area contributed by atoms with E-state index in [-0.39, 0.29) is 51.8 Å². The molecule has 2 aromatic rings. The van der Waals surface area contributed by atoms with E-state index in [0.717, 1.165) is 26.1 Å². The van der Waals surface area contributed by atoms with Gasteiger partial charge in [0, 0.05) is 61.5 Å². The smallest absolute Gasteiger partial charge is 1.00 e. The van der Waals surface area contributed by atoms with Crippen molar-refractivity contribution in [2.45, 2.75) is 42.5 Å². The van der Waals surface area contributed by atoms with Crippen molar-refractivity contribution < 1.29 is 35.7 Å². The molecule has 1 amide bonds. The maximum atomic E-state index is 12.1. The number of piperidine rings is 1. The number of halogens is 2. The van der Waals surface area contributed by atoms with Gasteiger partial charge in [0.2, 0.25) is 5.91 Å². The van der Waals surface area contributed by atoms with Crippen LogP contribution < -0.4 is 26.6 Å². The zero-order valence-electron chi connectivity index (χ0n) is 21.9. The van der Waals surface area contributed by atoms with Gasteiger partial charge in [-0.15, -0.1) is 36.0 Å². The van der Waals surface area contributed by atoms with Crippen LogP contribution in [0.5, 0.6) is 5.75 Å². The number of anilines is 1. The predicted molar refractivity (Wildman–Crippen MR) is 143 cm³/mol. The van der Waals surface area contributed by atoms with Gasteiger partial charge in [0.25, 0.3) is 0 Å². The molecule has 0 spiro atoms. The molecule has 1 fully saturated rings. The zero-order chi connectivity index (χ0) is 24.8. The number of carbonyl (C=O) groups is 1. The fourth-order valence-electron chi connectivity index (χ4n) is 5.24. The van der Waals surface area contributed by atoms with Crippen LogP contribution >= 0.6 is 11.8 Å². The summed E-state index contributed by atoms with van der Waals surface area (Å²) in [6.07, 6.45) is 3.96. The number of likely N-dealkylation sites (tertiary alicyclic amines) is 1. The molecule has 1 saturated heterocycles. The Kier molecular flexibility index (Phi) is 13.5. The largest absolute Gasteiger partial charge is 2.00 e. The summed E-state index contributed by atoms with van der Waals surface area (Å²) >= 11 is 2.03. The number of methoxy groups -OCH3 is 1.